The number of halogens is 1. The molecule has 25 heavy (non-hydrogen) atoms. The summed E-state index contributed by atoms with van der Waals surface area (Å²) in [7, 11) is -2.71. The quantitative estimate of drug-likeness (QED) is 0.755. The lowest BCUT2D eigenvalue weighted by molar-refractivity contribution is -0.115. The maximum absolute atomic E-state index is 12.8. The zero-order valence-corrected chi connectivity index (χ0v) is 14.0. The van der Waals surface area contributed by atoms with E-state index in [1.165, 1.54) is 19.2 Å². The predicted octanol–water partition coefficient (Wildman–Crippen LogP) is 1.53. The second kappa shape index (κ2) is 7.86. The lowest BCUT2D eigenvalue weighted by Gasteiger charge is -2.09. The first-order chi connectivity index (χ1) is 11.8. The summed E-state index contributed by atoms with van der Waals surface area (Å²) >= 11 is 0. The molecule has 0 aliphatic heterocycles. The van der Waals surface area contributed by atoms with E-state index in [-0.39, 0.29) is 10.5 Å². The Balaban J connectivity index is 1.99. The van der Waals surface area contributed by atoms with Crippen LogP contribution in [0.2, 0.25) is 0 Å². The minimum Gasteiger partial charge on any atom is -0.465 e. The normalized spacial score (nSPS) is 11.0. The van der Waals surface area contributed by atoms with Gasteiger partial charge in [-0.1, -0.05) is 6.07 Å². The third kappa shape index (κ3) is 5.10. The van der Waals surface area contributed by atoms with Crippen molar-refractivity contribution in [2.45, 2.75) is 4.90 Å². The molecule has 0 radical (unpaired) electrons. The highest BCUT2D eigenvalue weighted by atomic mass is 32.2. The number of ether oxygens (including phenoxy) is 1. The molecule has 2 aromatic rings. The third-order valence-electron chi connectivity index (χ3n) is 3.11. The molecule has 0 heterocycles. The maximum Gasteiger partial charge on any atom is 0.337 e. The van der Waals surface area contributed by atoms with Crippen molar-refractivity contribution in [1.82, 2.24) is 4.72 Å². The largest absolute Gasteiger partial charge is 0.465 e. The second-order valence-electron chi connectivity index (χ2n) is 4.90. The van der Waals surface area contributed by atoms with Gasteiger partial charge in [0.2, 0.25) is 15.9 Å². The summed E-state index contributed by atoms with van der Waals surface area (Å²) in [5.41, 5.74) is 0.557. The van der Waals surface area contributed by atoms with Crippen LogP contribution < -0.4 is 10.0 Å². The van der Waals surface area contributed by atoms with Crippen molar-refractivity contribution in [3.63, 3.8) is 0 Å². The van der Waals surface area contributed by atoms with Crippen LogP contribution >= 0.6 is 0 Å². The molecule has 0 saturated carbocycles. The molecule has 0 aliphatic carbocycles. The molecule has 0 atom stereocenters. The molecule has 0 aromatic heterocycles. The van der Waals surface area contributed by atoms with E-state index in [9.17, 15) is 22.4 Å². The Morgan fingerprint density at radius 2 is 1.80 bits per heavy atom. The van der Waals surface area contributed by atoms with Crippen molar-refractivity contribution >= 4 is 27.6 Å². The smallest absolute Gasteiger partial charge is 0.337 e. The summed E-state index contributed by atoms with van der Waals surface area (Å²) in [6.45, 7) is -0.526. The number of rotatable bonds is 6. The van der Waals surface area contributed by atoms with Crippen molar-refractivity contribution < 1.29 is 27.1 Å². The van der Waals surface area contributed by atoms with E-state index in [0.717, 1.165) is 24.3 Å². The average Bonchev–Trinajstić information content (AvgIpc) is 2.60. The number of nitrogens with one attached hydrogen (secondary N) is 2. The van der Waals surface area contributed by atoms with Gasteiger partial charge in [-0.15, -0.1) is 0 Å². The fraction of sp³-hybridized carbons (Fsp3) is 0.125. The molecule has 132 valence electrons. The SMILES string of the molecule is COC(=O)c1cccc(NC(=O)CNS(=O)(=O)c2ccc(F)cc2)c1. The van der Waals surface area contributed by atoms with Crippen molar-refractivity contribution in [3.05, 3.63) is 59.9 Å². The van der Waals surface area contributed by atoms with Gasteiger partial charge in [0.15, 0.2) is 0 Å². The van der Waals surface area contributed by atoms with Gasteiger partial charge in [0.25, 0.3) is 0 Å². The van der Waals surface area contributed by atoms with E-state index in [1.807, 2.05) is 0 Å². The van der Waals surface area contributed by atoms with Gasteiger partial charge in [0, 0.05) is 5.69 Å². The number of benzene rings is 2. The summed E-state index contributed by atoms with van der Waals surface area (Å²) in [5.74, 6) is -1.76. The molecule has 9 heteroatoms. The molecule has 1 amide bonds. The standard InChI is InChI=1S/C16H15FN2O5S/c1-24-16(21)11-3-2-4-13(9-11)19-15(20)10-18-25(22,23)14-7-5-12(17)6-8-14/h2-9,18H,10H2,1H3,(H,19,20). The van der Waals surface area contributed by atoms with E-state index in [2.05, 4.69) is 14.8 Å². The van der Waals surface area contributed by atoms with Crippen molar-refractivity contribution in [1.29, 1.82) is 0 Å². The van der Waals surface area contributed by atoms with Crippen LogP contribution in [0.15, 0.2) is 53.4 Å². The topological polar surface area (TPSA) is 102 Å². The highest BCUT2D eigenvalue weighted by Gasteiger charge is 2.16. The van der Waals surface area contributed by atoms with Crippen LogP contribution in [0.3, 0.4) is 0 Å². The fourth-order valence-electron chi connectivity index (χ4n) is 1.90. The number of sulfonamides is 1. The Morgan fingerprint density at radius 3 is 2.44 bits per heavy atom. The van der Waals surface area contributed by atoms with Gasteiger partial charge in [-0.05, 0) is 42.5 Å². The number of amides is 1. The minimum atomic E-state index is -3.94. The molecule has 0 spiro atoms. The first-order valence-electron chi connectivity index (χ1n) is 7.05. The number of carbonyl (C=O) groups is 2. The number of hydrogen-bond donors (Lipinski definition) is 2. The molecule has 2 rings (SSSR count). The number of hydrogen-bond acceptors (Lipinski definition) is 5. The van der Waals surface area contributed by atoms with Gasteiger partial charge in [-0.2, -0.15) is 0 Å². The first kappa shape index (κ1) is 18.6. The Bertz CT molecular complexity index is 882. The lowest BCUT2D eigenvalue weighted by Crippen LogP contribution is -2.32. The third-order valence-corrected chi connectivity index (χ3v) is 4.53. The van der Waals surface area contributed by atoms with Gasteiger partial charge in [-0.3, -0.25) is 4.79 Å². The van der Waals surface area contributed by atoms with E-state index >= 15 is 0 Å². The monoisotopic (exact) mass is 366 g/mol. The van der Waals surface area contributed by atoms with Crippen LogP contribution in [0.4, 0.5) is 10.1 Å². The zero-order chi connectivity index (χ0) is 18.4. The minimum absolute atomic E-state index is 0.158. The first-order valence-corrected chi connectivity index (χ1v) is 8.53. The Kier molecular flexibility index (Phi) is 5.84. The van der Waals surface area contributed by atoms with Gasteiger partial charge >= 0.3 is 5.97 Å². The second-order valence-corrected chi connectivity index (χ2v) is 6.67. The highest BCUT2D eigenvalue weighted by molar-refractivity contribution is 7.89. The number of methoxy groups -OCH3 is 1. The number of carbonyl (C=O) groups excluding carboxylic acids is 2. The molecule has 0 aliphatic rings. The predicted molar refractivity (Wildman–Crippen MR) is 88.0 cm³/mol. The van der Waals surface area contributed by atoms with E-state index in [4.69, 9.17) is 0 Å². The van der Waals surface area contributed by atoms with E-state index in [1.54, 1.807) is 12.1 Å². The van der Waals surface area contributed by atoms with Crippen molar-refractivity contribution in [3.8, 4) is 0 Å². The molecule has 0 fully saturated rings. The van der Waals surface area contributed by atoms with Gasteiger partial charge in [0.1, 0.15) is 5.82 Å². The summed E-state index contributed by atoms with van der Waals surface area (Å²) in [6, 6.07) is 10.2. The van der Waals surface area contributed by atoms with Gasteiger partial charge in [0.05, 0.1) is 24.1 Å². The molecule has 2 aromatic carbocycles. The van der Waals surface area contributed by atoms with Crippen LogP contribution in [0, 0.1) is 5.82 Å². The van der Waals surface area contributed by atoms with Gasteiger partial charge in [-0.25, -0.2) is 22.3 Å². The molecule has 2 N–H and O–H groups in total. The van der Waals surface area contributed by atoms with Crippen LogP contribution in [-0.2, 0) is 19.6 Å². The van der Waals surface area contributed by atoms with Crippen molar-refractivity contribution in [2.24, 2.45) is 0 Å². The molecule has 0 unspecified atom stereocenters. The van der Waals surface area contributed by atoms with E-state index in [0.29, 0.717) is 5.69 Å². The Hall–Kier alpha value is -2.78. The summed E-state index contributed by atoms with van der Waals surface area (Å²) < 4.78 is 43.5. The van der Waals surface area contributed by atoms with Crippen LogP contribution in [0.1, 0.15) is 10.4 Å². The summed E-state index contributed by atoms with van der Waals surface area (Å²) in [4.78, 5) is 23.2. The molecular weight excluding hydrogens is 351 g/mol. The Morgan fingerprint density at radius 1 is 1.12 bits per heavy atom. The molecule has 0 saturated heterocycles. The summed E-state index contributed by atoms with van der Waals surface area (Å²) in [5, 5.41) is 2.46. The molecular formula is C16H15FN2O5S. The van der Waals surface area contributed by atoms with E-state index < -0.39 is 34.3 Å². The zero-order valence-electron chi connectivity index (χ0n) is 13.2. The van der Waals surface area contributed by atoms with Crippen molar-refractivity contribution in [2.75, 3.05) is 19.0 Å². The van der Waals surface area contributed by atoms with Gasteiger partial charge < -0.3 is 10.1 Å². The molecule has 0 bridgehead atoms. The fourth-order valence-corrected chi connectivity index (χ4v) is 2.89. The summed E-state index contributed by atoms with van der Waals surface area (Å²) in [6.07, 6.45) is 0. The molecule has 7 nitrogen and oxygen atoms in total. The van der Waals surface area contributed by atoms with Crippen LogP contribution in [-0.4, -0.2) is 33.9 Å². The maximum atomic E-state index is 12.8. The van der Waals surface area contributed by atoms with Crippen LogP contribution in [0.5, 0.6) is 0 Å². The number of esters is 1. The highest BCUT2D eigenvalue weighted by Crippen LogP contribution is 2.12. The van der Waals surface area contributed by atoms with Crippen LogP contribution in [0.25, 0.3) is 0 Å². The Labute approximate surface area is 143 Å². The number of anilines is 1. The average molecular weight is 366 g/mol. The lowest BCUT2D eigenvalue weighted by atomic mass is 10.2.